The number of benzene rings is 1. The maximum absolute atomic E-state index is 12.2. The third-order valence-electron chi connectivity index (χ3n) is 2.88. The van der Waals surface area contributed by atoms with Crippen LogP contribution in [0.15, 0.2) is 40.4 Å². The Bertz CT molecular complexity index is 781. The number of halogens is 1. The molecule has 0 saturated carbocycles. The van der Waals surface area contributed by atoms with Gasteiger partial charge in [0.1, 0.15) is 10.7 Å². The van der Waals surface area contributed by atoms with Gasteiger partial charge in [0.25, 0.3) is 5.91 Å². The molecule has 1 aromatic carbocycles. The molecule has 0 aliphatic rings. The van der Waals surface area contributed by atoms with E-state index in [0.29, 0.717) is 16.4 Å². The van der Waals surface area contributed by atoms with Gasteiger partial charge < -0.3 is 5.32 Å². The Morgan fingerprint density at radius 3 is 2.86 bits per heavy atom. The highest BCUT2D eigenvalue weighted by Gasteiger charge is 2.13. The second-order valence-corrected chi connectivity index (χ2v) is 6.53. The van der Waals surface area contributed by atoms with Crippen LogP contribution in [0, 0.1) is 6.92 Å². The summed E-state index contributed by atoms with van der Waals surface area (Å²) in [5, 5.41) is 9.91. The molecule has 0 aliphatic heterocycles. The molecule has 0 fully saturated rings. The number of carbonyl (C=O) groups is 1. The zero-order valence-electron chi connectivity index (χ0n) is 11.1. The number of amides is 1. The first-order valence-electron chi connectivity index (χ1n) is 6.19. The van der Waals surface area contributed by atoms with Gasteiger partial charge in [-0.15, -0.1) is 11.3 Å². The first-order chi connectivity index (χ1) is 10.1. The number of hydrogen-bond acceptors (Lipinski definition) is 4. The highest BCUT2D eigenvalue weighted by molar-refractivity contribution is 7.14. The number of thiazole rings is 1. The van der Waals surface area contributed by atoms with Crippen molar-refractivity contribution in [2.24, 2.45) is 0 Å². The molecular formula is C15H11ClN2OS2. The van der Waals surface area contributed by atoms with E-state index >= 15 is 0 Å². The van der Waals surface area contributed by atoms with Crippen molar-refractivity contribution < 1.29 is 4.79 Å². The van der Waals surface area contributed by atoms with Crippen LogP contribution in [0.2, 0.25) is 5.02 Å². The van der Waals surface area contributed by atoms with Gasteiger partial charge in [0, 0.05) is 16.3 Å². The minimum Gasteiger partial charge on any atom is -0.319 e. The van der Waals surface area contributed by atoms with Gasteiger partial charge in [0.2, 0.25) is 0 Å². The quantitative estimate of drug-likeness (QED) is 0.725. The molecular weight excluding hydrogens is 324 g/mol. The molecule has 0 saturated heterocycles. The van der Waals surface area contributed by atoms with Gasteiger partial charge in [-0.2, -0.15) is 11.3 Å². The molecule has 106 valence electrons. The Kier molecular flexibility index (Phi) is 4.05. The van der Waals surface area contributed by atoms with Crippen molar-refractivity contribution >= 4 is 45.9 Å². The normalized spacial score (nSPS) is 10.6. The van der Waals surface area contributed by atoms with E-state index < -0.39 is 0 Å². The lowest BCUT2D eigenvalue weighted by atomic mass is 10.2. The van der Waals surface area contributed by atoms with Crippen LogP contribution in [0.5, 0.6) is 0 Å². The number of aromatic nitrogens is 1. The van der Waals surface area contributed by atoms with Gasteiger partial charge in [0.15, 0.2) is 0 Å². The Morgan fingerprint density at radius 1 is 1.29 bits per heavy atom. The van der Waals surface area contributed by atoms with Gasteiger partial charge in [-0.05, 0) is 36.1 Å². The first kappa shape index (κ1) is 14.3. The Balaban J connectivity index is 1.79. The Labute approximate surface area is 135 Å². The molecule has 0 unspecified atom stereocenters. The number of anilines is 1. The van der Waals surface area contributed by atoms with Crippen molar-refractivity contribution in [2.45, 2.75) is 6.92 Å². The van der Waals surface area contributed by atoms with Crippen molar-refractivity contribution in [3.63, 3.8) is 0 Å². The van der Waals surface area contributed by atoms with E-state index in [1.165, 1.54) is 11.3 Å². The minimum atomic E-state index is -0.251. The molecule has 21 heavy (non-hydrogen) atoms. The second kappa shape index (κ2) is 5.97. The predicted octanol–water partition coefficient (Wildman–Crippen LogP) is 5.09. The van der Waals surface area contributed by atoms with E-state index in [1.807, 2.05) is 35.9 Å². The number of nitrogens with zero attached hydrogens (tertiary/aromatic N) is 1. The van der Waals surface area contributed by atoms with E-state index in [9.17, 15) is 4.79 Å². The fourth-order valence-electron chi connectivity index (χ4n) is 1.80. The van der Waals surface area contributed by atoms with Gasteiger partial charge >= 0.3 is 0 Å². The standard InChI is InChI=1S/C15H11ClN2OS2/c1-9-2-3-12(11(16)6-9)17-14(19)13-8-21-15(18-13)10-4-5-20-7-10/h2-8H,1H3,(H,17,19). The summed E-state index contributed by atoms with van der Waals surface area (Å²) in [6.07, 6.45) is 0. The second-order valence-electron chi connectivity index (χ2n) is 4.49. The number of hydrogen-bond donors (Lipinski definition) is 1. The SMILES string of the molecule is Cc1ccc(NC(=O)c2csc(-c3ccsc3)n2)c(Cl)c1. The van der Waals surface area contributed by atoms with E-state index in [0.717, 1.165) is 16.1 Å². The third-order valence-corrected chi connectivity index (χ3v) is 4.77. The maximum Gasteiger partial charge on any atom is 0.275 e. The lowest BCUT2D eigenvalue weighted by Gasteiger charge is -2.06. The summed E-state index contributed by atoms with van der Waals surface area (Å²) < 4.78 is 0. The van der Waals surface area contributed by atoms with Crippen LogP contribution in [-0.4, -0.2) is 10.9 Å². The molecule has 3 aromatic rings. The van der Waals surface area contributed by atoms with E-state index in [4.69, 9.17) is 11.6 Å². The number of rotatable bonds is 3. The average molecular weight is 335 g/mol. The van der Waals surface area contributed by atoms with Crippen LogP contribution in [-0.2, 0) is 0 Å². The molecule has 1 amide bonds. The van der Waals surface area contributed by atoms with Crippen LogP contribution >= 0.6 is 34.3 Å². The molecule has 3 nitrogen and oxygen atoms in total. The predicted molar refractivity (Wildman–Crippen MR) is 89.6 cm³/mol. The summed E-state index contributed by atoms with van der Waals surface area (Å²) in [5.41, 5.74) is 3.08. The highest BCUT2D eigenvalue weighted by atomic mass is 35.5. The number of aryl methyl sites for hydroxylation is 1. The topological polar surface area (TPSA) is 42.0 Å². The van der Waals surface area contributed by atoms with Gasteiger partial charge in [-0.3, -0.25) is 4.79 Å². The van der Waals surface area contributed by atoms with E-state index in [1.54, 1.807) is 22.8 Å². The molecule has 0 radical (unpaired) electrons. The molecule has 2 aromatic heterocycles. The summed E-state index contributed by atoms with van der Waals surface area (Å²) in [6.45, 7) is 1.95. The van der Waals surface area contributed by atoms with Crippen molar-refractivity contribution in [3.8, 4) is 10.6 Å². The third kappa shape index (κ3) is 3.15. The molecule has 3 rings (SSSR count). The summed E-state index contributed by atoms with van der Waals surface area (Å²) in [6, 6.07) is 7.50. The number of nitrogens with one attached hydrogen (secondary N) is 1. The monoisotopic (exact) mass is 334 g/mol. The lowest BCUT2D eigenvalue weighted by molar-refractivity contribution is 0.102. The average Bonchev–Trinajstić information content (AvgIpc) is 3.10. The summed E-state index contributed by atoms with van der Waals surface area (Å²) in [7, 11) is 0. The van der Waals surface area contributed by atoms with Gasteiger partial charge in [-0.1, -0.05) is 17.7 Å². The van der Waals surface area contributed by atoms with E-state index in [2.05, 4.69) is 10.3 Å². The van der Waals surface area contributed by atoms with Crippen molar-refractivity contribution in [3.05, 3.63) is 56.7 Å². The highest BCUT2D eigenvalue weighted by Crippen LogP contribution is 2.27. The van der Waals surface area contributed by atoms with Crippen LogP contribution in [0.25, 0.3) is 10.6 Å². The zero-order valence-corrected chi connectivity index (χ0v) is 13.5. The lowest BCUT2D eigenvalue weighted by Crippen LogP contribution is -2.12. The van der Waals surface area contributed by atoms with Crippen molar-refractivity contribution in [2.75, 3.05) is 5.32 Å². The van der Waals surface area contributed by atoms with Gasteiger partial charge in [0.05, 0.1) is 10.7 Å². The Morgan fingerprint density at radius 2 is 2.14 bits per heavy atom. The summed E-state index contributed by atoms with van der Waals surface area (Å²) in [5.74, 6) is -0.251. The molecule has 0 atom stereocenters. The molecule has 0 spiro atoms. The molecule has 0 bridgehead atoms. The molecule has 0 aliphatic carbocycles. The first-order valence-corrected chi connectivity index (χ1v) is 8.39. The molecule has 1 N–H and O–H groups in total. The van der Waals surface area contributed by atoms with Crippen LogP contribution < -0.4 is 5.32 Å². The van der Waals surface area contributed by atoms with Crippen molar-refractivity contribution in [1.82, 2.24) is 4.98 Å². The smallest absolute Gasteiger partial charge is 0.275 e. The summed E-state index contributed by atoms with van der Waals surface area (Å²) in [4.78, 5) is 16.6. The van der Waals surface area contributed by atoms with Crippen LogP contribution in [0.4, 0.5) is 5.69 Å². The van der Waals surface area contributed by atoms with Crippen LogP contribution in [0.1, 0.15) is 16.1 Å². The molecule has 6 heteroatoms. The summed E-state index contributed by atoms with van der Waals surface area (Å²) >= 11 is 9.18. The fraction of sp³-hybridized carbons (Fsp3) is 0.0667. The maximum atomic E-state index is 12.2. The van der Waals surface area contributed by atoms with Crippen LogP contribution in [0.3, 0.4) is 0 Å². The van der Waals surface area contributed by atoms with Crippen molar-refractivity contribution in [1.29, 1.82) is 0 Å². The molecule has 2 heterocycles. The van der Waals surface area contributed by atoms with E-state index in [-0.39, 0.29) is 5.91 Å². The Hall–Kier alpha value is -1.69. The minimum absolute atomic E-state index is 0.251. The zero-order chi connectivity index (χ0) is 14.8. The van der Waals surface area contributed by atoms with Gasteiger partial charge in [-0.25, -0.2) is 4.98 Å². The fourth-order valence-corrected chi connectivity index (χ4v) is 3.60. The number of thiophene rings is 1. The number of carbonyl (C=O) groups excluding carboxylic acids is 1. The largest absolute Gasteiger partial charge is 0.319 e.